The van der Waals surface area contributed by atoms with E-state index in [4.69, 9.17) is 0 Å². The van der Waals surface area contributed by atoms with Crippen LogP contribution in [-0.2, 0) is 0 Å². The predicted molar refractivity (Wildman–Crippen MR) is 70.2 cm³/mol. The van der Waals surface area contributed by atoms with Crippen molar-refractivity contribution < 1.29 is 0 Å². The van der Waals surface area contributed by atoms with Gasteiger partial charge in [-0.1, -0.05) is 26.0 Å². The third-order valence-electron chi connectivity index (χ3n) is 3.52. The molecule has 1 aromatic carbocycles. The molecule has 1 aromatic rings. The van der Waals surface area contributed by atoms with Crippen LogP contribution in [-0.4, -0.2) is 26.2 Å². The Hall–Kier alpha value is -1.02. The van der Waals surface area contributed by atoms with Crippen LogP contribution in [0.4, 0.5) is 5.69 Å². The van der Waals surface area contributed by atoms with Gasteiger partial charge in [0.1, 0.15) is 0 Å². The molecule has 0 bridgehead atoms. The summed E-state index contributed by atoms with van der Waals surface area (Å²) >= 11 is 0. The standard InChI is InChI=1S/C14H22N2/c1-11(2)12-4-6-14(7-5-12)16-9-8-13(10-16)15-3/h4-7,11,13,15H,8-10H2,1-3H3. The van der Waals surface area contributed by atoms with E-state index < -0.39 is 0 Å². The van der Waals surface area contributed by atoms with Crippen molar-refractivity contribution in [1.29, 1.82) is 0 Å². The quantitative estimate of drug-likeness (QED) is 0.839. The molecule has 1 saturated heterocycles. The lowest BCUT2D eigenvalue weighted by molar-refractivity contribution is 0.617. The van der Waals surface area contributed by atoms with Gasteiger partial charge in [-0.05, 0) is 37.1 Å². The van der Waals surface area contributed by atoms with Gasteiger partial charge in [-0.3, -0.25) is 0 Å². The first-order chi connectivity index (χ1) is 7.70. The fourth-order valence-corrected chi connectivity index (χ4v) is 2.30. The summed E-state index contributed by atoms with van der Waals surface area (Å²) in [5.41, 5.74) is 2.79. The summed E-state index contributed by atoms with van der Waals surface area (Å²) in [7, 11) is 2.05. The van der Waals surface area contributed by atoms with Gasteiger partial charge in [0.05, 0.1) is 0 Å². The first-order valence-electron chi connectivity index (χ1n) is 6.23. The molecule has 2 nitrogen and oxygen atoms in total. The van der Waals surface area contributed by atoms with Crippen molar-refractivity contribution in [2.75, 3.05) is 25.0 Å². The van der Waals surface area contributed by atoms with Gasteiger partial charge in [0.15, 0.2) is 0 Å². The van der Waals surface area contributed by atoms with E-state index >= 15 is 0 Å². The van der Waals surface area contributed by atoms with E-state index in [9.17, 15) is 0 Å². The molecule has 1 N–H and O–H groups in total. The highest BCUT2D eigenvalue weighted by Gasteiger charge is 2.20. The Bertz CT molecular complexity index is 329. The molecular formula is C14H22N2. The zero-order valence-corrected chi connectivity index (χ0v) is 10.5. The van der Waals surface area contributed by atoms with Gasteiger partial charge < -0.3 is 10.2 Å². The molecule has 1 unspecified atom stereocenters. The molecule has 1 aliphatic heterocycles. The lowest BCUT2D eigenvalue weighted by Crippen LogP contribution is -2.29. The van der Waals surface area contributed by atoms with Crippen molar-refractivity contribution in [2.24, 2.45) is 0 Å². The molecule has 0 spiro atoms. The van der Waals surface area contributed by atoms with Gasteiger partial charge in [0.2, 0.25) is 0 Å². The van der Waals surface area contributed by atoms with Crippen molar-refractivity contribution in [1.82, 2.24) is 5.32 Å². The van der Waals surface area contributed by atoms with Crippen LogP contribution in [0.15, 0.2) is 24.3 Å². The van der Waals surface area contributed by atoms with Crippen molar-refractivity contribution in [3.8, 4) is 0 Å². The van der Waals surface area contributed by atoms with Crippen molar-refractivity contribution in [3.05, 3.63) is 29.8 Å². The first-order valence-corrected chi connectivity index (χ1v) is 6.23. The maximum absolute atomic E-state index is 3.35. The van der Waals surface area contributed by atoms with E-state index in [-0.39, 0.29) is 0 Å². The second-order valence-electron chi connectivity index (χ2n) is 4.97. The molecule has 1 aliphatic rings. The lowest BCUT2D eigenvalue weighted by Gasteiger charge is -2.19. The number of anilines is 1. The van der Waals surface area contributed by atoms with Gasteiger partial charge in [0, 0.05) is 24.8 Å². The molecule has 1 atom stereocenters. The summed E-state index contributed by atoms with van der Waals surface area (Å²) in [5.74, 6) is 0.623. The molecule has 0 radical (unpaired) electrons. The molecule has 16 heavy (non-hydrogen) atoms. The zero-order valence-electron chi connectivity index (χ0n) is 10.5. The van der Waals surface area contributed by atoms with Gasteiger partial charge >= 0.3 is 0 Å². The number of rotatable bonds is 3. The monoisotopic (exact) mass is 218 g/mol. The van der Waals surface area contributed by atoms with Crippen molar-refractivity contribution in [3.63, 3.8) is 0 Å². The largest absolute Gasteiger partial charge is 0.370 e. The van der Waals surface area contributed by atoms with Crippen LogP contribution in [0, 0.1) is 0 Å². The molecular weight excluding hydrogens is 196 g/mol. The minimum atomic E-state index is 0.623. The minimum Gasteiger partial charge on any atom is -0.370 e. The molecule has 1 fully saturated rings. The summed E-state index contributed by atoms with van der Waals surface area (Å²) < 4.78 is 0. The van der Waals surface area contributed by atoms with Crippen LogP contribution in [0.3, 0.4) is 0 Å². The molecule has 0 aliphatic carbocycles. The van der Waals surface area contributed by atoms with Crippen molar-refractivity contribution >= 4 is 5.69 Å². The highest BCUT2D eigenvalue weighted by Crippen LogP contribution is 2.23. The molecule has 2 heteroatoms. The van der Waals surface area contributed by atoms with Crippen LogP contribution in [0.25, 0.3) is 0 Å². The average Bonchev–Trinajstić information content (AvgIpc) is 2.77. The molecule has 1 heterocycles. The molecule has 0 aromatic heterocycles. The molecule has 2 rings (SSSR count). The second kappa shape index (κ2) is 4.88. The number of benzene rings is 1. The van der Waals surface area contributed by atoms with Crippen LogP contribution >= 0.6 is 0 Å². The Labute approximate surface area is 98.7 Å². The molecule has 0 amide bonds. The lowest BCUT2D eigenvalue weighted by atomic mass is 10.0. The number of nitrogens with one attached hydrogen (secondary N) is 1. The normalized spacial score (nSPS) is 20.8. The topological polar surface area (TPSA) is 15.3 Å². The number of likely N-dealkylation sites (N-methyl/N-ethyl adjacent to an activating group) is 1. The van der Waals surface area contributed by atoms with Gasteiger partial charge in [-0.25, -0.2) is 0 Å². The fourth-order valence-electron chi connectivity index (χ4n) is 2.30. The second-order valence-corrected chi connectivity index (χ2v) is 4.97. The third-order valence-corrected chi connectivity index (χ3v) is 3.52. The molecule has 0 saturated carbocycles. The summed E-state index contributed by atoms with van der Waals surface area (Å²) in [5, 5.41) is 3.35. The Morgan fingerprint density at radius 3 is 2.44 bits per heavy atom. The first kappa shape index (κ1) is 11.5. The van der Waals surface area contributed by atoms with E-state index in [0.29, 0.717) is 12.0 Å². The van der Waals surface area contributed by atoms with E-state index in [1.165, 1.54) is 24.2 Å². The Morgan fingerprint density at radius 2 is 1.94 bits per heavy atom. The number of nitrogens with zero attached hydrogens (tertiary/aromatic N) is 1. The van der Waals surface area contributed by atoms with E-state index in [1.54, 1.807) is 0 Å². The zero-order chi connectivity index (χ0) is 11.5. The Morgan fingerprint density at radius 1 is 1.25 bits per heavy atom. The maximum atomic E-state index is 3.35. The summed E-state index contributed by atoms with van der Waals surface area (Å²) in [4.78, 5) is 2.46. The van der Waals surface area contributed by atoms with Gasteiger partial charge in [-0.15, -0.1) is 0 Å². The number of hydrogen-bond donors (Lipinski definition) is 1. The van der Waals surface area contributed by atoms with Crippen LogP contribution in [0.2, 0.25) is 0 Å². The Kier molecular flexibility index (Phi) is 3.49. The molecule has 88 valence electrons. The van der Waals surface area contributed by atoms with Crippen molar-refractivity contribution in [2.45, 2.75) is 32.2 Å². The van der Waals surface area contributed by atoms with E-state index in [0.717, 1.165) is 6.54 Å². The van der Waals surface area contributed by atoms with Gasteiger partial charge in [-0.2, -0.15) is 0 Å². The summed E-state index contributed by atoms with van der Waals surface area (Å²) in [6.07, 6.45) is 1.25. The highest BCUT2D eigenvalue weighted by atomic mass is 15.2. The van der Waals surface area contributed by atoms with Crippen LogP contribution in [0.5, 0.6) is 0 Å². The fraction of sp³-hybridized carbons (Fsp3) is 0.571. The maximum Gasteiger partial charge on any atom is 0.0366 e. The average molecular weight is 218 g/mol. The highest BCUT2D eigenvalue weighted by molar-refractivity contribution is 5.49. The third kappa shape index (κ3) is 2.38. The predicted octanol–water partition coefficient (Wildman–Crippen LogP) is 2.61. The summed E-state index contributed by atoms with van der Waals surface area (Å²) in [6, 6.07) is 9.69. The van der Waals surface area contributed by atoms with E-state index in [1.807, 2.05) is 0 Å². The minimum absolute atomic E-state index is 0.623. The van der Waals surface area contributed by atoms with Gasteiger partial charge in [0.25, 0.3) is 0 Å². The SMILES string of the molecule is CNC1CCN(c2ccc(C(C)C)cc2)C1. The smallest absolute Gasteiger partial charge is 0.0366 e. The number of hydrogen-bond acceptors (Lipinski definition) is 2. The van der Waals surface area contributed by atoms with Crippen LogP contribution < -0.4 is 10.2 Å². The van der Waals surface area contributed by atoms with Crippen LogP contribution in [0.1, 0.15) is 31.7 Å². The summed E-state index contributed by atoms with van der Waals surface area (Å²) in [6.45, 7) is 6.79. The van der Waals surface area contributed by atoms with E-state index in [2.05, 4.69) is 55.4 Å². The Balaban J connectivity index is 2.05.